The van der Waals surface area contributed by atoms with Crippen molar-refractivity contribution in [1.82, 2.24) is 0 Å². The summed E-state index contributed by atoms with van der Waals surface area (Å²) in [6.45, 7) is 3.54. The second-order valence-corrected chi connectivity index (χ2v) is 8.45. The zero-order valence-corrected chi connectivity index (χ0v) is 19.0. The van der Waals surface area contributed by atoms with Gasteiger partial charge in [-0.05, 0) is 16.7 Å². The lowest BCUT2D eigenvalue weighted by Gasteiger charge is -2.43. The Kier molecular flexibility index (Phi) is 8.64. The van der Waals surface area contributed by atoms with Gasteiger partial charge in [0.25, 0.3) is 0 Å². The van der Waals surface area contributed by atoms with E-state index in [1.807, 2.05) is 97.9 Å². The summed E-state index contributed by atoms with van der Waals surface area (Å²) in [4.78, 5) is 0. The molecule has 0 saturated carbocycles. The van der Waals surface area contributed by atoms with Gasteiger partial charge in [0.1, 0.15) is 12.2 Å². The van der Waals surface area contributed by atoms with Crippen LogP contribution < -0.4 is 0 Å². The summed E-state index contributed by atoms with van der Waals surface area (Å²) in [6, 6.07) is 29.9. The van der Waals surface area contributed by atoms with Crippen LogP contribution in [0.25, 0.3) is 0 Å². The molecule has 1 N–H and O–H groups in total. The van der Waals surface area contributed by atoms with Crippen LogP contribution in [-0.4, -0.2) is 36.3 Å². The zero-order chi connectivity index (χ0) is 22.9. The molecule has 0 spiro atoms. The van der Waals surface area contributed by atoms with E-state index in [4.69, 9.17) is 18.9 Å². The summed E-state index contributed by atoms with van der Waals surface area (Å²) >= 11 is 0. The summed E-state index contributed by atoms with van der Waals surface area (Å²) in [6.07, 6.45) is -2.24. The number of hydrogen-bond donors (Lipinski definition) is 1. The molecule has 0 radical (unpaired) electrons. The van der Waals surface area contributed by atoms with Gasteiger partial charge in [-0.2, -0.15) is 0 Å². The number of hydrogen-bond acceptors (Lipinski definition) is 5. The second-order valence-electron chi connectivity index (χ2n) is 8.45. The molecule has 1 fully saturated rings. The van der Waals surface area contributed by atoms with Crippen LogP contribution >= 0.6 is 0 Å². The average molecular weight is 449 g/mol. The van der Waals surface area contributed by atoms with Gasteiger partial charge in [0.05, 0.1) is 32.5 Å². The molecule has 5 nitrogen and oxygen atoms in total. The Hall–Kier alpha value is -2.54. The third-order valence-electron chi connectivity index (χ3n) is 5.95. The van der Waals surface area contributed by atoms with Gasteiger partial charge < -0.3 is 24.1 Å². The van der Waals surface area contributed by atoms with Crippen molar-refractivity contribution in [3.63, 3.8) is 0 Å². The number of ether oxygens (including phenoxy) is 4. The van der Waals surface area contributed by atoms with Gasteiger partial charge >= 0.3 is 0 Å². The lowest BCUT2D eigenvalue weighted by molar-refractivity contribution is -0.304. The van der Waals surface area contributed by atoms with E-state index in [0.29, 0.717) is 19.8 Å². The summed E-state index contributed by atoms with van der Waals surface area (Å²) in [5.41, 5.74) is 3.20. The Morgan fingerprint density at radius 1 is 0.697 bits per heavy atom. The van der Waals surface area contributed by atoms with Crippen molar-refractivity contribution in [2.45, 2.75) is 51.3 Å². The van der Waals surface area contributed by atoms with Gasteiger partial charge in [-0.1, -0.05) is 97.9 Å². The van der Waals surface area contributed by atoms with Crippen LogP contribution in [0.1, 0.15) is 23.6 Å². The fourth-order valence-corrected chi connectivity index (χ4v) is 4.00. The van der Waals surface area contributed by atoms with E-state index in [0.717, 1.165) is 16.7 Å². The molecule has 33 heavy (non-hydrogen) atoms. The molecule has 1 aliphatic rings. The first-order valence-electron chi connectivity index (χ1n) is 11.5. The molecule has 4 rings (SSSR count). The Balaban J connectivity index is 1.40. The van der Waals surface area contributed by atoms with E-state index >= 15 is 0 Å². The Morgan fingerprint density at radius 2 is 1.18 bits per heavy atom. The molecule has 0 aromatic heterocycles. The van der Waals surface area contributed by atoms with Crippen LogP contribution in [0, 0.1) is 5.92 Å². The fourth-order valence-electron chi connectivity index (χ4n) is 4.00. The fraction of sp³-hybridized carbons (Fsp3) is 0.357. The minimum atomic E-state index is -0.724. The van der Waals surface area contributed by atoms with E-state index in [2.05, 4.69) is 0 Å². The number of benzene rings is 3. The molecule has 0 amide bonds. The summed E-state index contributed by atoms with van der Waals surface area (Å²) in [5, 5.41) is 11.0. The first kappa shape index (κ1) is 23.6. The van der Waals surface area contributed by atoms with E-state index in [-0.39, 0.29) is 12.5 Å². The average Bonchev–Trinajstić information content (AvgIpc) is 2.87. The lowest BCUT2D eigenvalue weighted by atomic mass is 9.90. The Labute approximate surface area is 195 Å². The molecule has 2 unspecified atom stereocenters. The third-order valence-corrected chi connectivity index (χ3v) is 5.95. The van der Waals surface area contributed by atoms with Crippen LogP contribution in [0.15, 0.2) is 91.0 Å². The standard InChI is InChI=1S/C28H32O5/c1-21-26(29)25(20-30-17-22-11-5-2-6-12-22)33-28(32-19-24-15-9-4-10-16-24)27(21)31-18-23-13-7-3-8-14-23/h2-16,21,25-29H,17-20H2,1H3/t21-,25?,26-,27?,28+/m0/s1. The van der Waals surface area contributed by atoms with Crippen molar-refractivity contribution in [1.29, 1.82) is 0 Å². The first-order chi connectivity index (χ1) is 16.2. The van der Waals surface area contributed by atoms with Crippen LogP contribution in [0.3, 0.4) is 0 Å². The maximum absolute atomic E-state index is 11.0. The Bertz CT molecular complexity index is 932. The van der Waals surface area contributed by atoms with Gasteiger partial charge in [-0.25, -0.2) is 0 Å². The molecule has 174 valence electrons. The van der Waals surface area contributed by atoms with Crippen molar-refractivity contribution < 1.29 is 24.1 Å². The maximum atomic E-state index is 11.0. The molecule has 3 aromatic rings. The molecule has 0 aliphatic carbocycles. The van der Waals surface area contributed by atoms with Gasteiger partial charge in [-0.3, -0.25) is 0 Å². The van der Waals surface area contributed by atoms with Crippen molar-refractivity contribution in [2.24, 2.45) is 5.92 Å². The number of rotatable bonds is 10. The van der Waals surface area contributed by atoms with Crippen molar-refractivity contribution in [3.05, 3.63) is 108 Å². The third kappa shape index (κ3) is 6.73. The second kappa shape index (κ2) is 12.1. The molecule has 1 heterocycles. The van der Waals surface area contributed by atoms with E-state index in [9.17, 15) is 5.11 Å². The van der Waals surface area contributed by atoms with Crippen LogP contribution in [0.4, 0.5) is 0 Å². The molecule has 3 aromatic carbocycles. The zero-order valence-electron chi connectivity index (χ0n) is 19.0. The van der Waals surface area contributed by atoms with E-state index in [1.165, 1.54) is 0 Å². The van der Waals surface area contributed by atoms with Gasteiger partial charge in [-0.15, -0.1) is 0 Å². The monoisotopic (exact) mass is 448 g/mol. The van der Waals surface area contributed by atoms with Crippen LogP contribution in [-0.2, 0) is 38.8 Å². The molecular weight excluding hydrogens is 416 g/mol. The highest BCUT2D eigenvalue weighted by Gasteiger charge is 2.44. The van der Waals surface area contributed by atoms with Gasteiger partial charge in [0.2, 0.25) is 0 Å². The van der Waals surface area contributed by atoms with Crippen LogP contribution in [0.2, 0.25) is 0 Å². The topological polar surface area (TPSA) is 57.2 Å². The van der Waals surface area contributed by atoms with Crippen LogP contribution in [0.5, 0.6) is 0 Å². The highest BCUT2D eigenvalue weighted by molar-refractivity contribution is 5.15. The maximum Gasteiger partial charge on any atom is 0.185 e. The number of aliphatic hydroxyl groups excluding tert-OH is 1. The smallest absolute Gasteiger partial charge is 0.185 e. The molecule has 1 aliphatic heterocycles. The highest BCUT2D eigenvalue weighted by atomic mass is 16.7. The molecule has 5 atom stereocenters. The van der Waals surface area contributed by atoms with Crippen molar-refractivity contribution in [3.8, 4) is 0 Å². The predicted octanol–water partition coefficient (Wildman–Crippen LogP) is 4.73. The minimum absolute atomic E-state index is 0.187. The largest absolute Gasteiger partial charge is 0.390 e. The van der Waals surface area contributed by atoms with E-state index in [1.54, 1.807) is 0 Å². The molecular formula is C28H32O5. The van der Waals surface area contributed by atoms with Crippen molar-refractivity contribution >= 4 is 0 Å². The van der Waals surface area contributed by atoms with Gasteiger partial charge in [0.15, 0.2) is 6.29 Å². The highest BCUT2D eigenvalue weighted by Crippen LogP contribution is 2.30. The molecule has 0 bridgehead atoms. The molecule has 5 heteroatoms. The van der Waals surface area contributed by atoms with E-state index < -0.39 is 24.6 Å². The summed E-state index contributed by atoms with van der Waals surface area (Å²) in [5.74, 6) is -0.187. The molecule has 1 saturated heterocycles. The Morgan fingerprint density at radius 3 is 1.73 bits per heavy atom. The summed E-state index contributed by atoms with van der Waals surface area (Å²) in [7, 11) is 0. The normalized spacial score (nSPS) is 25.1. The summed E-state index contributed by atoms with van der Waals surface area (Å²) < 4.78 is 24.5. The lowest BCUT2D eigenvalue weighted by Crippen LogP contribution is -2.56. The van der Waals surface area contributed by atoms with Gasteiger partial charge in [0, 0.05) is 5.92 Å². The minimum Gasteiger partial charge on any atom is -0.390 e. The quantitative estimate of drug-likeness (QED) is 0.486. The number of aliphatic hydroxyl groups is 1. The SMILES string of the molecule is C[C@@H]1C(OCc2ccccc2)[C@H](OCc2ccccc2)OC(COCc2ccccc2)[C@H]1O. The predicted molar refractivity (Wildman–Crippen MR) is 126 cm³/mol. The first-order valence-corrected chi connectivity index (χ1v) is 11.5. The van der Waals surface area contributed by atoms with Crippen molar-refractivity contribution in [2.75, 3.05) is 6.61 Å².